The maximum atomic E-state index is 5.69. The van der Waals surface area contributed by atoms with Crippen molar-refractivity contribution in [3.63, 3.8) is 0 Å². The molecule has 0 amide bonds. The molecule has 3 heteroatoms. The molecule has 0 saturated carbocycles. The summed E-state index contributed by atoms with van der Waals surface area (Å²) in [5.41, 5.74) is 1.02. The number of rotatable bonds is 4. The standard InChI is InChI=1S/C13H12NOS/c16-14-10-11-5-4-8-13(9-11)15-12-6-2-1-3-7-12/h1-10,14,16H. The molecule has 0 aliphatic rings. The van der Waals surface area contributed by atoms with Crippen LogP contribution in [0.5, 0.6) is 11.5 Å². The van der Waals surface area contributed by atoms with Crippen LogP contribution in [0.1, 0.15) is 5.56 Å². The van der Waals surface area contributed by atoms with Crippen LogP contribution in [-0.4, -0.2) is 0 Å². The van der Waals surface area contributed by atoms with Gasteiger partial charge in [-0.05, 0) is 29.8 Å². The molecule has 81 valence electrons. The first-order chi connectivity index (χ1) is 7.88. The Kier molecular flexibility index (Phi) is 3.86. The molecule has 0 atom stereocenters. The molecule has 0 spiro atoms. The number of ether oxygens (including phenoxy) is 1. The first-order valence-electron chi connectivity index (χ1n) is 4.94. The summed E-state index contributed by atoms with van der Waals surface area (Å²) in [6, 6.07) is 17.5. The van der Waals surface area contributed by atoms with Crippen LogP contribution >= 0.6 is 12.8 Å². The Bertz CT molecular complexity index is 445. The molecule has 2 aromatic rings. The summed E-state index contributed by atoms with van der Waals surface area (Å²) in [6.07, 6.45) is 0. The van der Waals surface area contributed by atoms with Gasteiger partial charge in [-0.3, -0.25) is 4.72 Å². The van der Waals surface area contributed by atoms with Gasteiger partial charge < -0.3 is 4.74 Å². The Morgan fingerprint density at radius 1 is 0.938 bits per heavy atom. The van der Waals surface area contributed by atoms with E-state index < -0.39 is 0 Å². The van der Waals surface area contributed by atoms with E-state index in [1.165, 1.54) is 0 Å². The van der Waals surface area contributed by atoms with Gasteiger partial charge in [0.05, 0.1) is 6.54 Å². The molecule has 1 N–H and O–H groups in total. The average Bonchev–Trinajstić information content (AvgIpc) is 2.31. The lowest BCUT2D eigenvalue weighted by atomic mass is 10.2. The van der Waals surface area contributed by atoms with Gasteiger partial charge in [0.25, 0.3) is 0 Å². The highest BCUT2D eigenvalue weighted by molar-refractivity contribution is 7.78. The van der Waals surface area contributed by atoms with Gasteiger partial charge in [-0.25, -0.2) is 0 Å². The zero-order valence-electron chi connectivity index (χ0n) is 8.63. The summed E-state index contributed by atoms with van der Waals surface area (Å²) in [5, 5.41) is 0. The van der Waals surface area contributed by atoms with E-state index in [1.54, 1.807) is 6.54 Å². The molecule has 0 saturated heterocycles. The highest BCUT2D eigenvalue weighted by atomic mass is 32.1. The van der Waals surface area contributed by atoms with E-state index >= 15 is 0 Å². The minimum atomic E-state index is 0.809. The fourth-order valence-electron chi connectivity index (χ4n) is 1.37. The molecule has 0 aromatic heterocycles. The number of benzene rings is 2. The van der Waals surface area contributed by atoms with Crippen LogP contribution in [0.3, 0.4) is 0 Å². The predicted molar refractivity (Wildman–Crippen MR) is 68.5 cm³/mol. The van der Waals surface area contributed by atoms with Crippen LogP contribution in [-0.2, 0) is 0 Å². The third-order valence-corrected chi connectivity index (χ3v) is 2.20. The van der Waals surface area contributed by atoms with Crippen LogP contribution in [0.15, 0.2) is 54.6 Å². The van der Waals surface area contributed by atoms with Gasteiger partial charge in [-0.2, -0.15) is 0 Å². The normalized spacial score (nSPS) is 10.1. The van der Waals surface area contributed by atoms with Gasteiger partial charge in [0.2, 0.25) is 0 Å². The Balaban J connectivity index is 2.12. The number of para-hydroxylation sites is 1. The summed E-state index contributed by atoms with van der Waals surface area (Å²) in [4.78, 5) is 0. The van der Waals surface area contributed by atoms with Crippen molar-refractivity contribution in [1.29, 1.82) is 0 Å². The molecule has 2 aromatic carbocycles. The van der Waals surface area contributed by atoms with Crippen molar-refractivity contribution >= 4 is 12.8 Å². The smallest absolute Gasteiger partial charge is 0.127 e. The van der Waals surface area contributed by atoms with Gasteiger partial charge in [-0.15, -0.1) is 0 Å². The molecular formula is C13H12NOS. The SMILES string of the molecule is SN[CH]c1cccc(Oc2ccccc2)c1. The summed E-state index contributed by atoms with van der Waals surface area (Å²) >= 11 is 3.92. The Morgan fingerprint density at radius 2 is 1.69 bits per heavy atom. The molecule has 16 heavy (non-hydrogen) atoms. The van der Waals surface area contributed by atoms with Crippen LogP contribution in [0.2, 0.25) is 0 Å². The van der Waals surface area contributed by atoms with E-state index in [0.717, 1.165) is 17.1 Å². The Hall–Kier alpha value is -1.45. The van der Waals surface area contributed by atoms with Crippen molar-refractivity contribution < 1.29 is 4.74 Å². The second-order valence-electron chi connectivity index (χ2n) is 3.26. The zero-order valence-corrected chi connectivity index (χ0v) is 9.52. The summed E-state index contributed by atoms with van der Waals surface area (Å²) in [7, 11) is 0. The van der Waals surface area contributed by atoms with E-state index in [2.05, 4.69) is 17.5 Å². The highest BCUT2D eigenvalue weighted by Crippen LogP contribution is 2.21. The first-order valence-corrected chi connectivity index (χ1v) is 5.39. The van der Waals surface area contributed by atoms with Crippen molar-refractivity contribution in [2.45, 2.75) is 0 Å². The number of hydrogen-bond donors (Lipinski definition) is 2. The van der Waals surface area contributed by atoms with Gasteiger partial charge in [0.1, 0.15) is 11.5 Å². The van der Waals surface area contributed by atoms with Crippen LogP contribution in [0.25, 0.3) is 0 Å². The fourth-order valence-corrected chi connectivity index (χ4v) is 1.52. The maximum Gasteiger partial charge on any atom is 0.127 e. The van der Waals surface area contributed by atoms with Crippen LogP contribution in [0, 0.1) is 6.54 Å². The highest BCUT2D eigenvalue weighted by Gasteiger charge is 1.98. The summed E-state index contributed by atoms with van der Waals surface area (Å²) in [6.45, 7) is 1.79. The molecule has 1 radical (unpaired) electrons. The minimum absolute atomic E-state index is 0.809. The van der Waals surface area contributed by atoms with Crippen molar-refractivity contribution in [3.05, 3.63) is 66.7 Å². The topological polar surface area (TPSA) is 21.3 Å². The van der Waals surface area contributed by atoms with Crippen LogP contribution in [0.4, 0.5) is 0 Å². The third-order valence-electron chi connectivity index (χ3n) is 2.07. The minimum Gasteiger partial charge on any atom is -0.457 e. The van der Waals surface area contributed by atoms with E-state index in [4.69, 9.17) is 4.74 Å². The number of nitrogens with one attached hydrogen (secondary N) is 1. The lowest BCUT2D eigenvalue weighted by Crippen LogP contribution is -1.95. The lowest BCUT2D eigenvalue weighted by Gasteiger charge is -2.06. The number of hydrogen-bond acceptors (Lipinski definition) is 3. The molecule has 0 heterocycles. The predicted octanol–water partition coefficient (Wildman–Crippen LogP) is 3.42. The van der Waals surface area contributed by atoms with Gasteiger partial charge in [0, 0.05) is 0 Å². The largest absolute Gasteiger partial charge is 0.457 e. The van der Waals surface area contributed by atoms with Crippen molar-refractivity contribution in [3.8, 4) is 11.5 Å². The Labute approximate surface area is 101 Å². The van der Waals surface area contributed by atoms with Crippen LogP contribution < -0.4 is 9.46 Å². The fraction of sp³-hybridized carbons (Fsp3) is 0. The van der Waals surface area contributed by atoms with Crippen molar-refractivity contribution in [2.75, 3.05) is 0 Å². The van der Waals surface area contributed by atoms with E-state index in [9.17, 15) is 0 Å². The average molecular weight is 230 g/mol. The van der Waals surface area contributed by atoms with Crippen molar-refractivity contribution in [2.24, 2.45) is 0 Å². The molecule has 0 aliphatic carbocycles. The second kappa shape index (κ2) is 5.58. The van der Waals surface area contributed by atoms with Crippen molar-refractivity contribution in [1.82, 2.24) is 4.72 Å². The molecule has 2 nitrogen and oxygen atoms in total. The third kappa shape index (κ3) is 3.02. The lowest BCUT2D eigenvalue weighted by molar-refractivity contribution is 0.482. The molecule has 0 fully saturated rings. The van der Waals surface area contributed by atoms with E-state index in [-0.39, 0.29) is 0 Å². The molecule has 0 unspecified atom stereocenters. The van der Waals surface area contributed by atoms with Gasteiger partial charge >= 0.3 is 0 Å². The zero-order chi connectivity index (χ0) is 11.2. The Morgan fingerprint density at radius 3 is 2.44 bits per heavy atom. The molecular weight excluding hydrogens is 218 g/mol. The number of thiol groups is 1. The van der Waals surface area contributed by atoms with E-state index in [1.807, 2.05) is 54.6 Å². The summed E-state index contributed by atoms with van der Waals surface area (Å²) < 4.78 is 8.38. The van der Waals surface area contributed by atoms with Gasteiger partial charge in [-0.1, -0.05) is 43.1 Å². The molecule has 0 aliphatic heterocycles. The second-order valence-corrected chi connectivity index (χ2v) is 3.52. The molecule has 0 bridgehead atoms. The van der Waals surface area contributed by atoms with E-state index in [0.29, 0.717) is 0 Å². The summed E-state index contributed by atoms with van der Waals surface area (Å²) in [5.74, 6) is 1.64. The quantitative estimate of drug-likeness (QED) is 0.785. The first kappa shape index (κ1) is 11.0. The maximum absolute atomic E-state index is 5.69. The molecule has 2 rings (SSSR count). The monoisotopic (exact) mass is 230 g/mol. The van der Waals surface area contributed by atoms with Gasteiger partial charge in [0.15, 0.2) is 0 Å².